The summed E-state index contributed by atoms with van der Waals surface area (Å²) in [7, 11) is 0. The number of hydrogen-bond acceptors (Lipinski definition) is 5. The average molecular weight is 415 g/mol. The Bertz CT molecular complexity index is 701. The molecule has 1 amide bonds. The van der Waals surface area contributed by atoms with E-state index < -0.39 is 0 Å². The molecule has 0 aromatic carbocycles. The second-order valence-corrected chi connectivity index (χ2v) is 9.59. The molecule has 30 heavy (non-hydrogen) atoms. The molecule has 0 bridgehead atoms. The molecule has 0 radical (unpaired) electrons. The summed E-state index contributed by atoms with van der Waals surface area (Å²) in [6, 6.07) is 6.97. The second kappa shape index (κ2) is 9.75. The minimum atomic E-state index is 0.151. The third kappa shape index (κ3) is 5.40. The van der Waals surface area contributed by atoms with Gasteiger partial charge in [-0.25, -0.2) is 0 Å². The zero-order valence-electron chi connectivity index (χ0n) is 18.9. The quantitative estimate of drug-likeness (QED) is 0.758. The van der Waals surface area contributed by atoms with Crippen LogP contribution in [0.5, 0.6) is 0 Å². The normalized spacial score (nSPS) is 28.0. The molecule has 3 aliphatic heterocycles. The first-order chi connectivity index (χ1) is 14.5. The van der Waals surface area contributed by atoms with E-state index in [2.05, 4.69) is 58.7 Å². The van der Waals surface area contributed by atoms with Gasteiger partial charge in [0, 0.05) is 50.4 Å². The van der Waals surface area contributed by atoms with Crippen molar-refractivity contribution in [2.24, 2.45) is 5.92 Å². The van der Waals surface area contributed by atoms with Crippen molar-refractivity contribution in [1.29, 1.82) is 0 Å². The second-order valence-electron chi connectivity index (χ2n) is 9.59. The van der Waals surface area contributed by atoms with E-state index in [1.54, 1.807) is 0 Å². The third-order valence-corrected chi connectivity index (χ3v) is 7.02. The predicted octanol–water partition coefficient (Wildman–Crippen LogP) is 2.70. The van der Waals surface area contributed by atoms with Gasteiger partial charge in [0.1, 0.15) is 0 Å². The first kappa shape index (κ1) is 21.7. The van der Waals surface area contributed by atoms with Crippen LogP contribution >= 0.6 is 0 Å². The maximum atomic E-state index is 13.0. The summed E-state index contributed by atoms with van der Waals surface area (Å²) in [5.74, 6) is 0.559. The summed E-state index contributed by atoms with van der Waals surface area (Å²) in [5, 5.41) is 0. The highest BCUT2D eigenvalue weighted by atomic mass is 16.5. The maximum absolute atomic E-state index is 13.0. The lowest BCUT2D eigenvalue weighted by molar-refractivity contribution is -0.149. The van der Waals surface area contributed by atoms with E-state index in [1.807, 2.05) is 0 Å². The Morgan fingerprint density at radius 1 is 1.03 bits per heavy atom. The number of carbonyl (C=O) groups is 1. The van der Waals surface area contributed by atoms with E-state index in [0.717, 1.165) is 64.3 Å². The molecule has 4 rings (SSSR count). The van der Waals surface area contributed by atoms with Crippen LogP contribution in [-0.2, 0) is 16.1 Å². The number of carbonyl (C=O) groups excluding carboxylic acids is 1. The van der Waals surface area contributed by atoms with Gasteiger partial charge in [-0.1, -0.05) is 6.07 Å². The van der Waals surface area contributed by atoms with Crippen LogP contribution in [0, 0.1) is 12.8 Å². The summed E-state index contributed by atoms with van der Waals surface area (Å²) < 4.78 is 5.79. The molecule has 0 spiro atoms. The average Bonchev–Trinajstić information content (AvgIpc) is 2.73. The summed E-state index contributed by atoms with van der Waals surface area (Å²) in [5.41, 5.74) is 2.28. The maximum Gasteiger partial charge on any atom is 0.225 e. The van der Waals surface area contributed by atoms with Crippen molar-refractivity contribution < 1.29 is 9.53 Å². The molecule has 0 saturated carbocycles. The van der Waals surface area contributed by atoms with E-state index in [0.29, 0.717) is 11.9 Å². The fourth-order valence-electron chi connectivity index (χ4n) is 5.49. The first-order valence-electron chi connectivity index (χ1n) is 11.8. The highest BCUT2D eigenvalue weighted by molar-refractivity contribution is 5.79. The monoisotopic (exact) mass is 414 g/mol. The number of morpholine rings is 1. The van der Waals surface area contributed by atoms with Gasteiger partial charge in [0.2, 0.25) is 5.91 Å². The van der Waals surface area contributed by atoms with Crippen molar-refractivity contribution in [2.45, 2.75) is 71.2 Å². The zero-order valence-corrected chi connectivity index (χ0v) is 18.9. The van der Waals surface area contributed by atoms with Gasteiger partial charge >= 0.3 is 0 Å². The summed E-state index contributed by atoms with van der Waals surface area (Å²) >= 11 is 0. The molecule has 1 aromatic rings. The lowest BCUT2D eigenvalue weighted by Crippen LogP contribution is -2.53. The van der Waals surface area contributed by atoms with Crippen LogP contribution in [0.2, 0.25) is 0 Å². The topological polar surface area (TPSA) is 48.9 Å². The minimum absolute atomic E-state index is 0.151. The van der Waals surface area contributed by atoms with E-state index >= 15 is 0 Å². The van der Waals surface area contributed by atoms with Crippen molar-refractivity contribution in [3.8, 4) is 0 Å². The number of hydrogen-bond donors (Lipinski definition) is 0. The molecule has 6 nitrogen and oxygen atoms in total. The highest BCUT2D eigenvalue weighted by Gasteiger charge is 2.34. The Morgan fingerprint density at radius 2 is 1.70 bits per heavy atom. The van der Waals surface area contributed by atoms with Crippen molar-refractivity contribution >= 4 is 5.91 Å². The Kier molecular flexibility index (Phi) is 7.06. The third-order valence-electron chi connectivity index (χ3n) is 7.02. The number of rotatable bonds is 4. The molecule has 6 heteroatoms. The molecule has 3 aliphatic rings. The van der Waals surface area contributed by atoms with Crippen molar-refractivity contribution in [3.05, 3.63) is 29.6 Å². The van der Waals surface area contributed by atoms with Crippen molar-refractivity contribution in [1.82, 2.24) is 19.7 Å². The Hall–Kier alpha value is -1.50. The predicted molar refractivity (Wildman–Crippen MR) is 118 cm³/mol. The van der Waals surface area contributed by atoms with Gasteiger partial charge in [-0.15, -0.1) is 0 Å². The lowest BCUT2D eigenvalue weighted by Gasteiger charge is -2.43. The largest absolute Gasteiger partial charge is 0.372 e. The summed E-state index contributed by atoms with van der Waals surface area (Å²) in [6.07, 6.45) is 4.76. The van der Waals surface area contributed by atoms with Crippen LogP contribution in [0.4, 0.5) is 0 Å². The lowest BCUT2D eigenvalue weighted by atomic mass is 9.92. The van der Waals surface area contributed by atoms with Crippen LogP contribution in [0.15, 0.2) is 18.2 Å². The van der Waals surface area contributed by atoms with E-state index in [1.165, 1.54) is 18.5 Å². The molecule has 2 atom stereocenters. The zero-order chi connectivity index (χ0) is 21.1. The number of likely N-dealkylation sites (tertiary alicyclic amines) is 2. The van der Waals surface area contributed by atoms with Crippen LogP contribution < -0.4 is 0 Å². The summed E-state index contributed by atoms with van der Waals surface area (Å²) in [4.78, 5) is 24.9. The number of aromatic nitrogens is 1. The van der Waals surface area contributed by atoms with E-state index in [9.17, 15) is 4.79 Å². The SMILES string of the molecule is Cc1cccc(CN2CCC(N3CCC(C(=O)N4C[C@@H](C)O[C@@H](C)C4)CC3)CC2)n1. The Balaban J connectivity index is 1.21. The number of nitrogens with zero attached hydrogens (tertiary/aromatic N) is 4. The highest BCUT2D eigenvalue weighted by Crippen LogP contribution is 2.26. The van der Waals surface area contributed by atoms with Gasteiger partial charge < -0.3 is 14.5 Å². The number of aryl methyl sites for hydroxylation is 1. The fraction of sp³-hybridized carbons (Fsp3) is 0.750. The summed E-state index contributed by atoms with van der Waals surface area (Å²) in [6.45, 7) is 13.1. The van der Waals surface area contributed by atoms with Crippen LogP contribution in [0.1, 0.15) is 50.9 Å². The molecule has 3 saturated heterocycles. The molecular formula is C24H38N4O2. The van der Waals surface area contributed by atoms with Gasteiger partial charge in [0.15, 0.2) is 0 Å². The van der Waals surface area contributed by atoms with E-state index in [-0.39, 0.29) is 18.1 Å². The van der Waals surface area contributed by atoms with Gasteiger partial charge in [-0.05, 0) is 71.7 Å². The van der Waals surface area contributed by atoms with Crippen LogP contribution in [0.25, 0.3) is 0 Å². The molecule has 166 valence electrons. The Morgan fingerprint density at radius 3 is 2.33 bits per heavy atom. The van der Waals surface area contributed by atoms with Gasteiger partial charge in [-0.2, -0.15) is 0 Å². The van der Waals surface area contributed by atoms with Gasteiger partial charge in [-0.3, -0.25) is 14.7 Å². The standard InChI is InChI=1S/C24H38N4O2/c1-18-5-4-6-22(25-18)17-26-11-9-23(10-12-26)27-13-7-21(8-14-27)24(29)28-15-19(2)30-20(3)16-28/h4-6,19-21,23H,7-17H2,1-3H3/t19-,20+. The molecule has 0 aliphatic carbocycles. The molecule has 0 N–H and O–H groups in total. The molecular weight excluding hydrogens is 376 g/mol. The van der Waals surface area contributed by atoms with E-state index in [4.69, 9.17) is 4.74 Å². The minimum Gasteiger partial charge on any atom is -0.372 e. The Labute approximate surface area is 181 Å². The molecule has 1 aromatic heterocycles. The van der Waals surface area contributed by atoms with Gasteiger partial charge in [0.25, 0.3) is 0 Å². The smallest absolute Gasteiger partial charge is 0.225 e. The first-order valence-corrected chi connectivity index (χ1v) is 11.8. The molecule has 4 heterocycles. The van der Waals surface area contributed by atoms with Crippen LogP contribution in [-0.4, -0.2) is 83.1 Å². The van der Waals surface area contributed by atoms with Gasteiger partial charge in [0.05, 0.1) is 17.9 Å². The number of piperidine rings is 2. The number of pyridine rings is 1. The van der Waals surface area contributed by atoms with Crippen molar-refractivity contribution in [2.75, 3.05) is 39.3 Å². The molecule has 0 unspecified atom stereocenters. The fourth-order valence-corrected chi connectivity index (χ4v) is 5.49. The molecule has 3 fully saturated rings. The number of ether oxygens (including phenoxy) is 1. The number of amides is 1. The van der Waals surface area contributed by atoms with Crippen LogP contribution in [0.3, 0.4) is 0 Å². The van der Waals surface area contributed by atoms with Crippen molar-refractivity contribution in [3.63, 3.8) is 0 Å².